The van der Waals surface area contributed by atoms with Gasteiger partial charge in [0.15, 0.2) is 11.4 Å². The SMILES string of the molecule is CCC(CC)C(=O)Oc1c(OC)ccnc1C(=O)NC1(C(=O)OC(C)=C(c2ccc(F)cc2)c2ccc(F)cc2)CC1. The molecule has 3 aromatic rings. The largest absolute Gasteiger partial charge is 0.493 e. The number of halogens is 2. The summed E-state index contributed by atoms with van der Waals surface area (Å²) in [6.07, 6.45) is 3.06. The Labute approximate surface area is 242 Å². The summed E-state index contributed by atoms with van der Waals surface area (Å²) >= 11 is 0. The van der Waals surface area contributed by atoms with Crippen LogP contribution < -0.4 is 14.8 Å². The van der Waals surface area contributed by atoms with Gasteiger partial charge in [-0.25, -0.2) is 18.6 Å². The molecule has 1 saturated carbocycles. The first kappa shape index (κ1) is 30.4. The van der Waals surface area contributed by atoms with Gasteiger partial charge in [0.2, 0.25) is 5.75 Å². The molecule has 4 rings (SSSR count). The molecule has 2 aromatic carbocycles. The number of ether oxygens (including phenoxy) is 3. The van der Waals surface area contributed by atoms with E-state index in [0.717, 1.165) is 0 Å². The van der Waals surface area contributed by atoms with Crippen LogP contribution in [0, 0.1) is 17.6 Å². The zero-order valence-corrected chi connectivity index (χ0v) is 23.8. The van der Waals surface area contributed by atoms with E-state index >= 15 is 0 Å². The van der Waals surface area contributed by atoms with Crippen molar-refractivity contribution in [3.8, 4) is 11.5 Å². The van der Waals surface area contributed by atoms with Gasteiger partial charge in [0.05, 0.1) is 13.0 Å². The molecule has 1 heterocycles. The summed E-state index contributed by atoms with van der Waals surface area (Å²) in [6.45, 7) is 5.29. The third-order valence-corrected chi connectivity index (χ3v) is 7.18. The molecule has 1 N–H and O–H groups in total. The van der Waals surface area contributed by atoms with Crippen molar-refractivity contribution in [3.05, 3.63) is 95.0 Å². The van der Waals surface area contributed by atoms with Crippen molar-refractivity contribution in [1.29, 1.82) is 0 Å². The van der Waals surface area contributed by atoms with Gasteiger partial charge in [-0.1, -0.05) is 38.1 Å². The number of aromatic nitrogens is 1. The van der Waals surface area contributed by atoms with Gasteiger partial charge in [0, 0.05) is 17.8 Å². The standard InChI is InChI=1S/C32H32F2N2O6/c1-5-20(6-2)30(38)42-28-25(40-4)15-18-35-27(28)29(37)36-32(16-17-32)31(39)41-19(3)26(21-7-11-23(33)12-8-21)22-9-13-24(34)14-10-22/h7-15,18,20H,5-6,16-17H2,1-4H3,(H,36,37). The van der Waals surface area contributed by atoms with E-state index in [-0.39, 0.29) is 28.9 Å². The molecule has 1 aliphatic carbocycles. The molecule has 0 unspecified atom stereocenters. The number of pyridine rings is 1. The molecule has 8 nitrogen and oxygen atoms in total. The molecular formula is C32H32F2N2O6. The summed E-state index contributed by atoms with van der Waals surface area (Å²) in [4.78, 5) is 43.6. The number of esters is 2. The molecule has 0 radical (unpaired) electrons. The number of nitrogens with one attached hydrogen (secondary N) is 1. The number of hydrogen-bond donors (Lipinski definition) is 1. The fourth-order valence-electron chi connectivity index (χ4n) is 4.53. The first-order valence-corrected chi connectivity index (χ1v) is 13.6. The highest BCUT2D eigenvalue weighted by atomic mass is 19.1. The number of benzene rings is 2. The van der Waals surface area contributed by atoms with Crippen LogP contribution in [0.4, 0.5) is 8.78 Å². The Hall–Kier alpha value is -4.60. The maximum atomic E-state index is 13.6. The van der Waals surface area contributed by atoms with E-state index in [1.54, 1.807) is 6.92 Å². The Bertz CT molecular complexity index is 1450. The second-order valence-corrected chi connectivity index (χ2v) is 10.00. The van der Waals surface area contributed by atoms with Crippen LogP contribution in [0.2, 0.25) is 0 Å². The number of allylic oxidation sites excluding steroid dienone is 1. The molecule has 220 valence electrons. The molecule has 0 aliphatic heterocycles. The number of rotatable bonds is 11. The second-order valence-electron chi connectivity index (χ2n) is 10.00. The lowest BCUT2D eigenvalue weighted by atomic mass is 9.97. The molecule has 1 aliphatic rings. The molecule has 1 aromatic heterocycles. The average Bonchev–Trinajstić information content (AvgIpc) is 3.76. The van der Waals surface area contributed by atoms with Gasteiger partial charge in [-0.2, -0.15) is 0 Å². The fourth-order valence-corrected chi connectivity index (χ4v) is 4.53. The highest BCUT2D eigenvalue weighted by molar-refractivity contribution is 6.01. The minimum atomic E-state index is -1.34. The van der Waals surface area contributed by atoms with Gasteiger partial charge >= 0.3 is 11.9 Å². The van der Waals surface area contributed by atoms with Crippen molar-refractivity contribution >= 4 is 23.4 Å². The molecule has 0 saturated heterocycles. The third kappa shape index (κ3) is 6.64. The number of amides is 1. The van der Waals surface area contributed by atoms with E-state index in [0.29, 0.717) is 42.4 Å². The van der Waals surface area contributed by atoms with Crippen molar-refractivity contribution in [2.24, 2.45) is 5.92 Å². The molecule has 1 amide bonds. The van der Waals surface area contributed by atoms with Crippen molar-refractivity contribution in [2.75, 3.05) is 7.11 Å². The lowest BCUT2D eigenvalue weighted by Gasteiger charge is -2.20. The van der Waals surface area contributed by atoms with Crippen LogP contribution in [0.1, 0.15) is 68.1 Å². The summed E-state index contributed by atoms with van der Waals surface area (Å²) in [6, 6.07) is 12.6. The normalized spacial score (nSPS) is 13.2. The quantitative estimate of drug-likeness (QED) is 0.220. The molecule has 42 heavy (non-hydrogen) atoms. The van der Waals surface area contributed by atoms with Crippen molar-refractivity contribution in [2.45, 2.75) is 52.0 Å². The number of nitrogens with zero attached hydrogens (tertiary/aromatic N) is 1. The van der Waals surface area contributed by atoms with Crippen LogP contribution in [0.5, 0.6) is 11.5 Å². The third-order valence-electron chi connectivity index (χ3n) is 7.18. The van der Waals surface area contributed by atoms with Gasteiger partial charge in [-0.05, 0) is 68.0 Å². The summed E-state index contributed by atoms with van der Waals surface area (Å²) < 4.78 is 43.9. The van der Waals surface area contributed by atoms with Gasteiger partial charge in [-0.15, -0.1) is 0 Å². The predicted octanol–water partition coefficient (Wildman–Crippen LogP) is 6.00. The Morgan fingerprint density at radius 1 is 0.929 bits per heavy atom. The smallest absolute Gasteiger partial charge is 0.336 e. The van der Waals surface area contributed by atoms with Gasteiger partial charge in [-0.3, -0.25) is 9.59 Å². The van der Waals surface area contributed by atoms with Crippen molar-refractivity contribution in [3.63, 3.8) is 0 Å². The Balaban J connectivity index is 1.60. The molecule has 0 spiro atoms. The first-order chi connectivity index (χ1) is 20.1. The lowest BCUT2D eigenvalue weighted by molar-refractivity contribution is -0.143. The Kier molecular flexibility index (Phi) is 9.35. The van der Waals surface area contributed by atoms with Gasteiger partial charge < -0.3 is 19.5 Å². The van der Waals surface area contributed by atoms with Crippen LogP contribution >= 0.6 is 0 Å². The van der Waals surface area contributed by atoms with Crippen LogP contribution in [0.15, 0.2) is 66.6 Å². The predicted molar refractivity (Wildman–Crippen MR) is 151 cm³/mol. The van der Waals surface area contributed by atoms with Crippen molar-refractivity contribution in [1.82, 2.24) is 10.3 Å². The molecule has 0 bridgehead atoms. The average molecular weight is 579 g/mol. The van der Waals surface area contributed by atoms with E-state index in [2.05, 4.69) is 10.3 Å². The van der Waals surface area contributed by atoms with E-state index in [9.17, 15) is 23.2 Å². The summed E-state index contributed by atoms with van der Waals surface area (Å²) in [5, 5.41) is 2.70. The highest BCUT2D eigenvalue weighted by Gasteiger charge is 2.53. The molecule has 0 atom stereocenters. The van der Waals surface area contributed by atoms with Crippen LogP contribution in [-0.4, -0.2) is 35.5 Å². The van der Waals surface area contributed by atoms with E-state index in [1.165, 1.54) is 67.9 Å². The summed E-state index contributed by atoms with van der Waals surface area (Å²) in [5.74, 6) is -3.04. The molecule has 1 fully saturated rings. The minimum Gasteiger partial charge on any atom is -0.493 e. The Morgan fingerprint density at radius 2 is 1.48 bits per heavy atom. The zero-order chi connectivity index (χ0) is 30.4. The lowest BCUT2D eigenvalue weighted by Crippen LogP contribution is -2.44. The minimum absolute atomic E-state index is 0.135. The van der Waals surface area contributed by atoms with Crippen LogP contribution in [0.3, 0.4) is 0 Å². The van der Waals surface area contributed by atoms with Gasteiger partial charge in [0.1, 0.15) is 22.9 Å². The Morgan fingerprint density at radius 3 is 1.95 bits per heavy atom. The molecular weight excluding hydrogens is 546 g/mol. The van der Waals surface area contributed by atoms with Crippen molar-refractivity contribution < 1.29 is 37.4 Å². The maximum Gasteiger partial charge on any atom is 0.336 e. The van der Waals surface area contributed by atoms with E-state index in [4.69, 9.17) is 14.2 Å². The number of methoxy groups -OCH3 is 1. The number of carbonyl (C=O) groups is 3. The highest BCUT2D eigenvalue weighted by Crippen LogP contribution is 2.40. The topological polar surface area (TPSA) is 104 Å². The first-order valence-electron chi connectivity index (χ1n) is 13.6. The number of carbonyl (C=O) groups excluding carboxylic acids is 3. The van der Waals surface area contributed by atoms with Crippen LogP contribution in [0.25, 0.3) is 5.57 Å². The van der Waals surface area contributed by atoms with E-state index < -0.39 is 35.0 Å². The van der Waals surface area contributed by atoms with Crippen LogP contribution in [-0.2, 0) is 14.3 Å². The maximum absolute atomic E-state index is 13.6. The van der Waals surface area contributed by atoms with E-state index in [1.807, 2.05) is 13.8 Å². The van der Waals surface area contributed by atoms with Gasteiger partial charge in [0.25, 0.3) is 5.91 Å². The fraction of sp³-hybridized carbons (Fsp3) is 0.312. The second kappa shape index (κ2) is 12.9. The zero-order valence-electron chi connectivity index (χ0n) is 23.8. The molecule has 10 heteroatoms. The number of hydrogen-bond acceptors (Lipinski definition) is 7. The summed E-state index contributed by atoms with van der Waals surface area (Å²) in [5.41, 5.74) is 0.00318. The monoisotopic (exact) mass is 578 g/mol. The summed E-state index contributed by atoms with van der Waals surface area (Å²) in [7, 11) is 1.38.